The molecule has 0 fully saturated rings. The van der Waals surface area contributed by atoms with Crippen molar-refractivity contribution in [2.24, 2.45) is 0 Å². The predicted octanol–water partition coefficient (Wildman–Crippen LogP) is 2.14. The summed E-state index contributed by atoms with van der Waals surface area (Å²) in [6, 6.07) is 10.2. The molecular weight excluding hydrogens is 376 g/mol. The van der Waals surface area contributed by atoms with Crippen molar-refractivity contribution in [3.05, 3.63) is 59.5 Å². The van der Waals surface area contributed by atoms with Gasteiger partial charge in [-0.15, -0.1) is 0 Å². The maximum Gasteiger partial charge on any atom is 0.338 e. The molecule has 8 heteroatoms. The average Bonchev–Trinajstić information content (AvgIpc) is 3.22. The van der Waals surface area contributed by atoms with E-state index in [9.17, 15) is 14.4 Å². The molecule has 2 amide bonds. The number of amides is 2. The first-order valence-electron chi connectivity index (χ1n) is 9.26. The van der Waals surface area contributed by atoms with Crippen molar-refractivity contribution >= 4 is 17.8 Å². The zero-order valence-electron chi connectivity index (χ0n) is 16.8. The van der Waals surface area contributed by atoms with Crippen LogP contribution in [-0.2, 0) is 32.2 Å². The largest absolute Gasteiger partial charge is 0.467 e. The Morgan fingerprint density at radius 1 is 1.14 bits per heavy atom. The van der Waals surface area contributed by atoms with E-state index in [4.69, 9.17) is 13.9 Å². The quantitative estimate of drug-likeness (QED) is 0.612. The van der Waals surface area contributed by atoms with E-state index in [1.807, 2.05) is 13.8 Å². The van der Waals surface area contributed by atoms with Crippen LogP contribution in [0.4, 0.5) is 0 Å². The molecule has 1 heterocycles. The lowest BCUT2D eigenvalue weighted by molar-refractivity contribution is -0.137. The Morgan fingerprint density at radius 2 is 1.86 bits per heavy atom. The molecule has 0 aliphatic rings. The lowest BCUT2D eigenvalue weighted by atomic mass is 10.1. The van der Waals surface area contributed by atoms with Gasteiger partial charge >= 0.3 is 5.97 Å². The zero-order valence-corrected chi connectivity index (χ0v) is 16.8. The van der Waals surface area contributed by atoms with Crippen molar-refractivity contribution < 1.29 is 28.3 Å². The van der Waals surface area contributed by atoms with Gasteiger partial charge in [-0.25, -0.2) is 4.79 Å². The standard InChI is InChI=1S/C21H26N2O6/c1-15(2)28-13-16-6-8-17(9-7-16)21(26)29-14-20(25)23(3)12-19(24)22-11-18-5-4-10-27-18/h4-10,15H,11-14H2,1-3H3,(H,22,24). The summed E-state index contributed by atoms with van der Waals surface area (Å²) in [5, 5.41) is 2.64. The molecule has 0 bridgehead atoms. The summed E-state index contributed by atoms with van der Waals surface area (Å²) in [5.41, 5.74) is 1.27. The zero-order chi connectivity index (χ0) is 21.2. The van der Waals surface area contributed by atoms with Gasteiger partial charge in [0.05, 0.1) is 37.6 Å². The molecule has 156 valence electrons. The monoisotopic (exact) mass is 402 g/mol. The molecule has 0 saturated carbocycles. The molecule has 0 saturated heterocycles. The summed E-state index contributed by atoms with van der Waals surface area (Å²) in [5.74, 6) is -0.815. The second-order valence-electron chi connectivity index (χ2n) is 6.74. The molecular formula is C21H26N2O6. The topological polar surface area (TPSA) is 98.1 Å². The number of esters is 1. The van der Waals surface area contributed by atoms with Crippen LogP contribution in [0.3, 0.4) is 0 Å². The van der Waals surface area contributed by atoms with E-state index in [1.165, 1.54) is 18.2 Å². The summed E-state index contributed by atoms with van der Waals surface area (Å²) in [7, 11) is 1.46. The molecule has 1 N–H and O–H groups in total. The van der Waals surface area contributed by atoms with E-state index < -0.39 is 18.5 Å². The van der Waals surface area contributed by atoms with Gasteiger partial charge in [-0.05, 0) is 43.7 Å². The van der Waals surface area contributed by atoms with Gasteiger partial charge in [-0.1, -0.05) is 12.1 Å². The van der Waals surface area contributed by atoms with Crippen molar-refractivity contribution in [2.45, 2.75) is 33.1 Å². The highest BCUT2D eigenvalue weighted by molar-refractivity contribution is 5.92. The van der Waals surface area contributed by atoms with Crippen LogP contribution in [0, 0.1) is 0 Å². The normalized spacial score (nSPS) is 10.6. The Labute approximate surface area is 169 Å². The Morgan fingerprint density at radius 3 is 2.48 bits per heavy atom. The van der Waals surface area contributed by atoms with E-state index in [-0.39, 0.29) is 25.1 Å². The summed E-state index contributed by atoms with van der Waals surface area (Å²) in [6.07, 6.45) is 1.63. The number of carbonyl (C=O) groups is 3. The van der Waals surface area contributed by atoms with Gasteiger partial charge in [0.1, 0.15) is 5.76 Å². The number of benzene rings is 1. The van der Waals surface area contributed by atoms with E-state index in [2.05, 4.69) is 5.32 Å². The van der Waals surface area contributed by atoms with Crippen LogP contribution in [0.2, 0.25) is 0 Å². The SMILES string of the molecule is CC(C)OCc1ccc(C(=O)OCC(=O)N(C)CC(=O)NCc2ccco2)cc1. The van der Waals surface area contributed by atoms with E-state index in [0.717, 1.165) is 5.56 Å². The number of hydrogen-bond acceptors (Lipinski definition) is 6. The lowest BCUT2D eigenvalue weighted by Gasteiger charge is -2.16. The molecule has 8 nitrogen and oxygen atoms in total. The van der Waals surface area contributed by atoms with Crippen molar-refractivity contribution in [2.75, 3.05) is 20.2 Å². The highest BCUT2D eigenvalue weighted by Crippen LogP contribution is 2.08. The number of nitrogens with one attached hydrogen (secondary N) is 1. The van der Waals surface area contributed by atoms with Gasteiger partial charge in [-0.3, -0.25) is 9.59 Å². The van der Waals surface area contributed by atoms with Crippen molar-refractivity contribution in [3.8, 4) is 0 Å². The number of rotatable bonds is 10. The number of nitrogens with zero attached hydrogens (tertiary/aromatic N) is 1. The minimum atomic E-state index is -0.606. The van der Waals surface area contributed by atoms with Crippen molar-refractivity contribution in [1.82, 2.24) is 10.2 Å². The van der Waals surface area contributed by atoms with Gasteiger partial charge in [0.2, 0.25) is 5.91 Å². The first-order chi connectivity index (χ1) is 13.8. The van der Waals surface area contributed by atoms with Crippen molar-refractivity contribution in [3.63, 3.8) is 0 Å². The molecule has 1 aromatic heterocycles. The minimum absolute atomic E-state index is 0.120. The third-order valence-corrected chi connectivity index (χ3v) is 3.95. The Balaban J connectivity index is 1.72. The fourth-order valence-electron chi connectivity index (χ4n) is 2.28. The van der Waals surface area contributed by atoms with E-state index in [1.54, 1.807) is 36.4 Å². The second kappa shape index (κ2) is 11.0. The Hall–Kier alpha value is -3.13. The molecule has 0 aliphatic heterocycles. The first kappa shape index (κ1) is 22.2. The highest BCUT2D eigenvalue weighted by atomic mass is 16.5. The average molecular weight is 402 g/mol. The molecule has 0 unspecified atom stereocenters. The molecule has 0 atom stereocenters. The summed E-state index contributed by atoms with van der Waals surface area (Å²) in [4.78, 5) is 37.2. The summed E-state index contributed by atoms with van der Waals surface area (Å²) in [6.45, 7) is 3.99. The lowest BCUT2D eigenvalue weighted by Crippen LogP contribution is -2.39. The number of hydrogen-bond donors (Lipinski definition) is 1. The maximum absolute atomic E-state index is 12.1. The van der Waals surface area contributed by atoms with Crippen LogP contribution in [-0.4, -0.2) is 49.0 Å². The molecule has 2 rings (SSSR count). The second-order valence-corrected chi connectivity index (χ2v) is 6.74. The fourth-order valence-corrected chi connectivity index (χ4v) is 2.28. The summed E-state index contributed by atoms with van der Waals surface area (Å²) < 4.78 is 15.7. The van der Waals surface area contributed by atoms with E-state index >= 15 is 0 Å². The first-order valence-corrected chi connectivity index (χ1v) is 9.26. The fraction of sp³-hybridized carbons (Fsp3) is 0.381. The predicted molar refractivity (Wildman–Crippen MR) is 105 cm³/mol. The van der Waals surface area contributed by atoms with Gasteiger partial charge in [0, 0.05) is 7.05 Å². The molecule has 0 aliphatic carbocycles. The number of carbonyl (C=O) groups excluding carboxylic acids is 3. The molecule has 2 aromatic rings. The molecule has 0 radical (unpaired) electrons. The third kappa shape index (κ3) is 7.79. The Kier molecular flexibility index (Phi) is 8.42. The van der Waals surface area contributed by atoms with Gasteiger partial charge < -0.3 is 24.1 Å². The van der Waals surface area contributed by atoms with Gasteiger partial charge in [0.15, 0.2) is 6.61 Å². The summed E-state index contributed by atoms with van der Waals surface area (Å²) >= 11 is 0. The van der Waals surface area contributed by atoms with Crippen molar-refractivity contribution in [1.29, 1.82) is 0 Å². The van der Waals surface area contributed by atoms with Crippen LogP contribution in [0.25, 0.3) is 0 Å². The van der Waals surface area contributed by atoms with Gasteiger partial charge in [0.25, 0.3) is 5.91 Å². The van der Waals surface area contributed by atoms with Gasteiger partial charge in [-0.2, -0.15) is 0 Å². The number of likely N-dealkylation sites (N-methyl/N-ethyl adjacent to an activating group) is 1. The smallest absolute Gasteiger partial charge is 0.338 e. The van der Waals surface area contributed by atoms with Crippen LogP contribution < -0.4 is 5.32 Å². The minimum Gasteiger partial charge on any atom is -0.467 e. The van der Waals surface area contributed by atoms with Crippen LogP contribution in [0.1, 0.15) is 35.5 Å². The molecule has 29 heavy (non-hydrogen) atoms. The third-order valence-electron chi connectivity index (χ3n) is 3.95. The Bertz CT molecular complexity index is 799. The number of furan rings is 1. The highest BCUT2D eigenvalue weighted by Gasteiger charge is 2.16. The number of ether oxygens (including phenoxy) is 2. The molecule has 1 aromatic carbocycles. The van der Waals surface area contributed by atoms with Crippen LogP contribution in [0.15, 0.2) is 47.1 Å². The molecule has 0 spiro atoms. The van der Waals surface area contributed by atoms with Crippen LogP contribution in [0.5, 0.6) is 0 Å². The van der Waals surface area contributed by atoms with Crippen LogP contribution >= 0.6 is 0 Å². The maximum atomic E-state index is 12.1. The van der Waals surface area contributed by atoms with E-state index in [0.29, 0.717) is 17.9 Å².